The Bertz CT molecular complexity index is 1020. The van der Waals surface area contributed by atoms with Crippen LogP contribution in [0.5, 0.6) is 0 Å². The number of benzene rings is 1. The van der Waals surface area contributed by atoms with Gasteiger partial charge in [-0.1, -0.05) is 39.8 Å². The molecule has 2 amide bonds. The van der Waals surface area contributed by atoms with Gasteiger partial charge in [-0.3, -0.25) is 4.79 Å². The van der Waals surface area contributed by atoms with Gasteiger partial charge in [0.2, 0.25) is 0 Å². The Kier molecular flexibility index (Phi) is 6.05. The average molecular weight is 456 g/mol. The maximum Gasteiger partial charge on any atom is 0.410 e. The number of piperidine rings is 1. The molecule has 4 rings (SSSR count). The van der Waals surface area contributed by atoms with Crippen molar-refractivity contribution in [1.29, 1.82) is 0 Å². The first kappa shape index (κ1) is 22.8. The molecule has 0 radical (unpaired) electrons. The van der Waals surface area contributed by atoms with Gasteiger partial charge in [-0.15, -0.1) is 11.3 Å². The molecule has 1 aliphatic carbocycles. The molecule has 0 saturated carbocycles. The molecule has 1 aromatic heterocycles. The maximum atomic E-state index is 12.0. The van der Waals surface area contributed by atoms with Crippen LogP contribution in [0, 0.1) is 0 Å². The van der Waals surface area contributed by atoms with E-state index in [9.17, 15) is 9.59 Å². The van der Waals surface area contributed by atoms with Crippen LogP contribution in [-0.2, 0) is 20.4 Å². The number of aromatic nitrogens is 1. The van der Waals surface area contributed by atoms with E-state index in [0.29, 0.717) is 19.0 Å². The maximum absolute atomic E-state index is 12.0. The molecule has 7 heteroatoms. The summed E-state index contributed by atoms with van der Waals surface area (Å²) in [5.74, 6) is -0.306. The van der Waals surface area contributed by atoms with Crippen LogP contribution in [0.3, 0.4) is 0 Å². The van der Waals surface area contributed by atoms with E-state index in [1.165, 1.54) is 29.5 Å². The summed E-state index contributed by atoms with van der Waals surface area (Å²) in [5.41, 5.74) is 10.6. The minimum Gasteiger partial charge on any atom is -0.439 e. The quantitative estimate of drug-likeness (QED) is 0.706. The SMILES string of the molecule is CC1(C)CCC(C)(C)c2cc(-c3csc(C4CCN(C(=O)OCC(N)=O)CC4)n3)ccc21. The summed E-state index contributed by atoms with van der Waals surface area (Å²) in [6.07, 6.45) is 3.61. The van der Waals surface area contributed by atoms with Gasteiger partial charge in [-0.2, -0.15) is 0 Å². The standard InChI is InChI=1S/C25H33N3O3S/c1-24(2)9-10-25(3,4)19-13-17(5-6-18(19)24)20-15-32-22(27-20)16-7-11-28(12-8-16)23(30)31-14-21(26)29/h5-6,13,15-16H,7-12,14H2,1-4H3,(H2,26,29). The lowest BCUT2D eigenvalue weighted by Gasteiger charge is -2.42. The van der Waals surface area contributed by atoms with Gasteiger partial charge in [0.15, 0.2) is 6.61 Å². The van der Waals surface area contributed by atoms with Crippen LogP contribution >= 0.6 is 11.3 Å². The number of carbonyl (C=O) groups excluding carboxylic acids is 2. The minimum absolute atomic E-state index is 0.176. The molecule has 32 heavy (non-hydrogen) atoms. The van der Waals surface area contributed by atoms with Crippen LogP contribution in [0.15, 0.2) is 23.6 Å². The van der Waals surface area contributed by atoms with E-state index in [2.05, 4.69) is 51.3 Å². The highest BCUT2D eigenvalue weighted by atomic mass is 32.1. The molecule has 172 valence electrons. The molecule has 1 saturated heterocycles. The predicted molar refractivity (Wildman–Crippen MR) is 127 cm³/mol. The van der Waals surface area contributed by atoms with Crippen molar-refractivity contribution < 1.29 is 14.3 Å². The van der Waals surface area contributed by atoms with E-state index < -0.39 is 12.0 Å². The number of amides is 2. The Morgan fingerprint density at radius 3 is 2.44 bits per heavy atom. The van der Waals surface area contributed by atoms with Crippen LogP contribution in [-0.4, -0.2) is 41.6 Å². The average Bonchev–Trinajstić information content (AvgIpc) is 3.25. The van der Waals surface area contributed by atoms with E-state index in [0.717, 1.165) is 23.5 Å². The highest BCUT2D eigenvalue weighted by molar-refractivity contribution is 7.10. The Morgan fingerprint density at radius 2 is 1.78 bits per heavy atom. The van der Waals surface area contributed by atoms with Gasteiger partial charge in [0.05, 0.1) is 10.7 Å². The van der Waals surface area contributed by atoms with Gasteiger partial charge in [-0.25, -0.2) is 9.78 Å². The lowest BCUT2D eigenvalue weighted by molar-refractivity contribution is -0.121. The minimum atomic E-state index is -0.641. The number of likely N-dealkylation sites (tertiary alicyclic amines) is 1. The molecule has 0 unspecified atom stereocenters. The van der Waals surface area contributed by atoms with E-state index in [4.69, 9.17) is 15.5 Å². The molecule has 2 heterocycles. The number of hydrogen-bond donors (Lipinski definition) is 1. The second kappa shape index (κ2) is 8.50. The molecule has 2 N–H and O–H groups in total. The highest BCUT2D eigenvalue weighted by Crippen LogP contribution is 2.47. The smallest absolute Gasteiger partial charge is 0.410 e. The third-order valence-corrected chi connectivity index (χ3v) is 8.12. The van der Waals surface area contributed by atoms with Crippen molar-refractivity contribution >= 4 is 23.3 Å². The topological polar surface area (TPSA) is 85.5 Å². The van der Waals surface area contributed by atoms with Gasteiger partial charge in [0.25, 0.3) is 5.91 Å². The lowest BCUT2D eigenvalue weighted by atomic mass is 9.63. The molecule has 1 fully saturated rings. The number of carbonyl (C=O) groups is 2. The zero-order valence-electron chi connectivity index (χ0n) is 19.4. The van der Waals surface area contributed by atoms with Crippen molar-refractivity contribution in [2.24, 2.45) is 5.73 Å². The lowest BCUT2D eigenvalue weighted by Crippen LogP contribution is -2.39. The predicted octanol–water partition coefficient (Wildman–Crippen LogP) is 4.96. The first-order valence-corrected chi connectivity index (χ1v) is 12.3. The molecule has 0 atom stereocenters. The van der Waals surface area contributed by atoms with Crippen LogP contribution in [0.25, 0.3) is 11.3 Å². The fourth-order valence-corrected chi connectivity index (χ4v) is 5.89. The van der Waals surface area contributed by atoms with Crippen LogP contribution < -0.4 is 5.73 Å². The van der Waals surface area contributed by atoms with Crippen molar-refractivity contribution in [2.75, 3.05) is 19.7 Å². The van der Waals surface area contributed by atoms with E-state index >= 15 is 0 Å². The Morgan fingerprint density at radius 1 is 1.12 bits per heavy atom. The van der Waals surface area contributed by atoms with Gasteiger partial charge >= 0.3 is 6.09 Å². The Balaban J connectivity index is 1.46. The number of primary amides is 1. The van der Waals surface area contributed by atoms with Gasteiger partial charge in [0, 0.05) is 30.0 Å². The Hall–Kier alpha value is -2.41. The fraction of sp³-hybridized carbons (Fsp3) is 0.560. The van der Waals surface area contributed by atoms with Crippen molar-refractivity contribution in [3.8, 4) is 11.3 Å². The number of thiazole rings is 1. The van der Waals surface area contributed by atoms with Crippen LogP contribution in [0.4, 0.5) is 4.79 Å². The first-order chi connectivity index (χ1) is 15.1. The number of fused-ring (bicyclic) bond motifs is 1. The molecule has 0 spiro atoms. The molecule has 1 aromatic carbocycles. The summed E-state index contributed by atoms with van der Waals surface area (Å²) < 4.78 is 4.92. The molecular weight excluding hydrogens is 422 g/mol. The number of nitrogens with two attached hydrogens (primary N) is 1. The summed E-state index contributed by atoms with van der Waals surface area (Å²) in [6, 6.07) is 6.88. The second-order valence-electron chi connectivity index (χ2n) is 10.4. The van der Waals surface area contributed by atoms with Gasteiger partial charge < -0.3 is 15.4 Å². The largest absolute Gasteiger partial charge is 0.439 e. The third-order valence-electron chi connectivity index (χ3n) is 7.11. The van der Waals surface area contributed by atoms with Crippen molar-refractivity contribution in [1.82, 2.24) is 9.88 Å². The Labute approximate surface area is 194 Å². The molecule has 2 aromatic rings. The summed E-state index contributed by atoms with van der Waals surface area (Å²) in [7, 11) is 0. The van der Waals surface area contributed by atoms with Crippen molar-refractivity contribution in [2.45, 2.75) is 70.1 Å². The van der Waals surface area contributed by atoms with E-state index in [1.807, 2.05) is 0 Å². The monoisotopic (exact) mass is 455 g/mol. The third kappa shape index (κ3) is 4.53. The summed E-state index contributed by atoms with van der Waals surface area (Å²) >= 11 is 1.70. The molecule has 6 nitrogen and oxygen atoms in total. The first-order valence-electron chi connectivity index (χ1n) is 11.4. The van der Waals surface area contributed by atoms with Crippen LogP contribution in [0.2, 0.25) is 0 Å². The number of ether oxygens (including phenoxy) is 1. The highest BCUT2D eigenvalue weighted by Gasteiger charge is 2.37. The molecule has 2 aliphatic rings. The van der Waals surface area contributed by atoms with Gasteiger partial charge in [-0.05, 0) is 53.7 Å². The summed E-state index contributed by atoms with van der Waals surface area (Å²) in [5, 5.41) is 3.29. The fourth-order valence-electron chi connectivity index (χ4n) is 4.89. The van der Waals surface area contributed by atoms with Crippen LogP contribution in [0.1, 0.15) is 75.4 Å². The normalized spacial score (nSPS) is 19.9. The van der Waals surface area contributed by atoms with E-state index in [1.54, 1.807) is 16.2 Å². The molecular formula is C25H33N3O3S. The number of hydrogen-bond acceptors (Lipinski definition) is 5. The summed E-state index contributed by atoms with van der Waals surface area (Å²) in [4.78, 5) is 29.5. The molecule has 1 aliphatic heterocycles. The number of rotatable bonds is 4. The van der Waals surface area contributed by atoms with Crippen molar-refractivity contribution in [3.05, 3.63) is 39.7 Å². The number of nitrogens with zero attached hydrogens (tertiary/aromatic N) is 2. The summed E-state index contributed by atoms with van der Waals surface area (Å²) in [6.45, 7) is 10.2. The van der Waals surface area contributed by atoms with Crippen molar-refractivity contribution in [3.63, 3.8) is 0 Å². The zero-order chi connectivity index (χ0) is 23.1. The molecule has 0 bridgehead atoms. The van der Waals surface area contributed by atoms with Gasteiger partial charge in [0.1, 0.15) is 0 Å². The second-order valence-corrected chi connectivity index (χ2v) is 11.3. The van der Waals surface area contributed by atoms with E-state index in [-0.39, 0.29) is 17.4 Å². The zero-order valence-corrected chi connectivity index (χ0v) is 20.3.